The van der Waals surface area contributed by atoms with Crippen LogP contribution in [0.5, 0.6) is 11.5 Å². The lowest BCUT2D eigenvalue weighted by Crippen LogP contribution is -2.26. The molecule has 2 aromatic carbocycles. The Hall–Kier alpha value is -2.81. The van der Waals surface area contributed by atoms with Gasteiger partial charge in [0.1, 0.15) is 17.7 Å². The van der Waals surface area contributed by atoms with Crippen LogP contribution in [-0.4, -0.2) is 12.8 Å². The number of ether oxygens (including phenoxy) is 2. The average molecular weight is 507 g/mol. The molecule has 0 bridgehead atoms. The maximum Gasteiger partial charge on any atom is 0.161 e. The first-order chi connectivity index (χ1) is 16.8. The first-order valence-corrected chi connectivity index (χ1v) is 13.2. The molecular formula is C29H31ClN2O2S. The summed E-state index contributed by atoms with van der Waals surface area (Å²) in [5.74, 6) is 1.98. The van der Waals surface area contributed by atoms with E-state index in [9.17, 15) is 5.26 Å². The summed E-state index contributed by atoms with van der Waals surface area (Å²) < 4.78 is 11.8. The highest BCUT2D eigenvalue weighted by atomic mass is 35.5. The van der Waals surface area contributed by atoms with Gasteiger partial charge in [0.05, 0.1) is 12.2 Å². The molecule has 0 fully saturated rings. The molecule has 0 radical (unpaired) electrons. The van der Waals surface area contributed by atoms with Gasteiger partial charge in [0.25, 0.3) is 0 Å². The first-order valence-electron chi connectivity index (χ1n) is 12.0. The van der Waals surface area contributed by atoms with Gasteiger partial charge in [0.2, 0.25) is 0 Å². The van der Waals surface area contributed by atoms with Gasteiger partial charge in [-0.25, -0.2) is 4.99 Å². The number of hydrogen-bond acceptors (Lipinski definition) is 5. The number of nitriles is 1. The van der Waals surface area contributed by atoms with E-state index in [1.54, 1.807) is 11.3 Å². The summed E-state index contributed by atoms with van der Waals surface area (Å²) in [5.41, 5.74) is 4.13. The summed E-state index contributed by atoms with van der Waals surface area (Å²) in [5, 5.41) is 11.3. The van der Waals surface area contributed by atoms with Crippen molar-refractivity contribution in [3.63, 3.8) is 0 Å². The topological polar surface area (TPSA) is 54.6 Å². The molecule has 35 heavy (non-hydrogen) atoms. The van der Waals surface area contributed by atoms with Crippen LogP contribution in [0.2, 0.25) is 5.02 Å². The Balaban J connectivity index is 1.53. The zero-order valence-electron chi connectivity index (χ0n) is 20.7. The Kier molecular flexibility index (Phi) is 7.84. The van der Waals surface area contributed by atoms with Gasteiger partial charge in [-0.15, -0.1) is 11.3 Å². The Bertz CT molecular complexity index is 1250. The largest absolute Gasteiger partial charge is 0.490 e. The van der Waals surface area contributed by atoms with E-state index < -0.39 is 0 Å². The fourth-order valence-corrected chi connectivity index (χ4v) is 5.73. The third-order valence-electron chi connectivity index (χ3n) is 6.49. The van der Waals surface area contributed by atoms with Crippen molar-refractivity contribution in [2.45, 2.75) is 53.6 Å². The van der Waals surface area contributed by atoms with Gasteiger partial charge in [0.15, 0.2) is 11.5 Å². The number of halogens is 1. The molecule has 1 atom stereocenters. The molecule has 0 saturated carbocycles. The number of rotatable bonds is 7. The summed E-state index contributed by atoms with van der Waals surface area (Å²) >= 11 is 7.63. The van der Waals surface area contributed by atoms with Crippen molar-refractivity contribution in [2.24, 2.45) is 16.3 Å². The smallest absolute Gasteiger partial charge is 0.161 e. The van der Waals surface area contributed by atoms with E-state index in [1.165, 1.54) is 10.4 Å². The van der Waals surface area contributed by atoms with Crippen LogP contribution in [0.1, 0.15) is 61.2 Å². The molecule has 0 spiro atoms. The number of thiophene rings is 1. The molecule has 4 nitrogen and oxygen atoms in total. The first kappa shape index (κ1) is 25.3. The Morgan fingerprint density at radius 1 is 1.14 bits per heavy atom. The second-order valence-corrected chi connectivity index (χ2v) is 11.4. The third-order valence-corrected chi connectivity index (χ3v) is 7.90. The maximum absolute atomic E-state index is 9.84. The maximum atomic E-state index is 9.84. The summed E-state index contributed by atoms with van der Waals surface area (Å²) in [7, 11) is 0. The van der Waals surface area contributed by atoms with Crippen LogP contribution >= 0.6 is 22.9 Å². The molecule has 4 rings (SSSR count). The van der Waals surface area contributed by atoms with Crippen LogP contribution in [0.25, 0.3) is 0 Å². The van der Waals surface area contributed by atoms with E-state index in [2.05, 4.69) is 26.8 Å². The second-order valence-electron chi connectivity index (χ2n) is 9.91. The number of fused-ring (bicyclic) bond motifs is 1. The molecule has 0 saturated heterocycles. The molecule has 1 aliphatic rings. The van der Waals surface area contributed by atoms with E-state index in [1.807, 2.05) is 55.6 Å². The highest BCUT2D eigenvalue weighted by Gasteiger charge is 2.32. The lowest BCUT2D eigenvalue weighted by atomic mass is 9.72. The fraction of sp³-hybridized carbons (Fsp3) is 0.379. The van der Waals surface area contributed by atoms with E-state index >= 15 is 0 Å². The second kappa shape index (κ2) is 10.8. The van der Waals surface area contributed by atoms with Gasteiger partial charge >= 0.3 is 0 Å². The van der Waals surface area contributed by atoms with E-state index in [0.717, 1.165) is 41.0 Å². The van der Waals surface area contributed by atoms with Crippen molar-refractivity contribution in [1.29, 1.82) is 5.26 Å². The Morgan fingerprint density at radius 3 is 2.60 bits per heavy atom. The SMILES string of the molecule is CCOc1cc(C=Nc2sc3c(c2C#N)CC[C@H](C(C)(C)C)C3)ccc1OCc1ccc(Cl)cc1. The van der Waals surface area contributed by atoms with Gasteiger partial charge < -0.3 is 9.47 Å². The highest BCUT2D eigenvalue weighted by molar-refractivity contribution is 7.16. The van der Waals surface area contributed by atoms with Gasteiger partial charge in [-0.05, 0) is 84.5 Å². The number of nitrogens with zero attached hydrogens (tertiary/aromatic N) is 2. The average Bonchev–Trinajstić information content (AvgIpc) is 3.19. The van der Waals surface area contributed by atoms with Crippen LogP contribution in [-0.2, 0) is 19.4 Å². The fourth-order valence-electron chi connectivity index (χ4n) is 4.38. The minimum absolute atomic E-state index is 0.269. The van der Waals surface area contributed by atoms with Crippen molar-refractivity contribution in [1.82, 2.24) is 0 Å². The zero-order chi connectivity index (χ0) is 25.0. The van der Waals surface area contributed by atoms with Gasteiger partial charge in [-0.1, -0.05) is 44.5 Å². The molecule has 6 heteroatoms. The molecule has 1 aromatic heterocycles. The van der Waals surface area contributed by atoms with E-state index in [-0.39, 0.29) is 5.41 Å². The molecule has 0 N–H and O–H groups in total. The Morgan fingerprint density at radius 2 is 1.91 bits per heavy atom. The minimum atomic E-state index is 0.269. The standard InChI is InChI=1S/C29H31ClN2O2S/c1-5-33-26-14-20(8-13-25(26)34-18-19-6-10-22(30)11-7-19)17-32-28-24(16-31)23-12-9-21(29(2,3)4)15-27(23)35-28/h6-8,10-11,13-14,17,21H,5,9,12,15,18H2,1-4H3/t21-/m0/s1. The molecule has 0 amide bonds. The quantitative estimate of drug-likeness (QED) is 0.304. The molecule has 182 valence electrons. The van der Waals surface area contributed by atoms with Crippen molar-refractivity contribution in [2.75, 3.05) is 6.61 Å². The van der Waals surface area contributed by atoms with Crippen molar-refractivity contribution in [3.05, 3.63) is 74.6 Å². The molecule has 0 unspecified atom stereocenters. The molecule has 0 aliphatic heterocycles. The predicted octanol–water partition coefficient (Wildman–Crippen LogP) is 8.15. The number of hydrogen-bond donors (Lipinski definition) is 0. The summed E-state index contributed by atoms with van der Waals surface area (Å²) in [6.07, 6.45) is 4.92. The third kappa shape index (κ3) is 6.07. The van der Waals surface area contributed by atoms with Crippen LogP contribution in [0, 0.1) is 22.7 Å². The Labute approximate surface area is 217 Å². The lowest BCUT2D eigenvalue weighted by Gasteiger charge is -2.33. The van der Waals surface area contributed by atoms with Gasteiger partial charge in [-0.2, -0.15) is 5.26 Å². The van der Waals surface area contributed by atoms with E-state index in [4.69, 9.17) is 26.1 Å². The van der Waals surface area contributed by atoms with Crippen molar-refractivity contribution >= 4 is 34.2 Å². The molecule has 3 aromatic rings. The van der Waals surface area contributed by atoms with Crippen molar-refractivity contribution < 1.29 is 9.47 Å². The minimum Gasteiger partial charge on any atom is -0.490 e. The monoisotopic (exact) mass is 506 g/mol. The zero-order valence-corrected chi connectivity index (χ0v) is 22.3. The molecule has 1 aliphatic carbocycles. The van der Waals surface area contributed by atoms with Crippen LogP contribution in [0.3, 0.4) is 0 Å². The lowest BCUT2D eigenvalue weighted by molar-refractivity contribution is 0.218. The van der Waals surface area contributed by atoms with Gasteiger partial charge in [0, 0.05) is 16.1 Å². The summed E-state index contributed by atoms with van der Waals surface area (Å²) in [4.78, 5) is 6.05. The molecule has 1 heterocycles. The summed E-state index contributed by atoms with van der Waals surface area (Å²) in [6, 6.07) is 15.8. The van der Waals surface area contributed by atoms with Crippen LogP contribution in [0.15, 0.2) is 47.5 Å². The normalized spacial score (nSPS) is 15.6. The van der Waals surface area contributed by atoms with Crippen LogP contribution < -0.4 is 9.47 Å². The predicted molar refractivity (Wildman–Crippen MR) is 145 cm³/mol. The van der Waals surface area contributed by atoms with Crippen molar-refractivity contribution in [3.8, 4) is 17.6 Å². The highest BCUT2D eigenvalue weighted by Crippen LogP contribution is 2.45. The molecular weight excluding hydrogens is 476 g/mol. The van der Waals surface area contributed by atoms with Gasteiger partial charge in [-0.3, -0.25) is 0 Å². The number of aliphatic imine (C=N–C) groups is 1. The summed E-state index contributed by atoms with van der Waals surface area (Å²) in [6.45, 7) is 9.82. The number of benzene rings is 2. The van der Waals surface area contributed by atoms with E-state index in [0.29, 0.717) is 35.7 Å². The van der Waals surface area contributed by atoms with Crippen LogP contribution in [0.4, 0.5) is 5.00 Å².